The molecule has 1 amide bonds. The van der Waals surface area contributed by atoms with Crippen LogP contribution in [0.25, 0.3) is 22.2 Å². The molecule has 5 heteroatoms. The van der Waals surface area contributed by atoms with E-state index in [2.05, 4.69) is 29.2 Å². The molecule has 0 unspecified atom stereocenters. The number of aromatic nitrogens is 3. The molecule has 3 heterocycles. The van der Waals surface area contributed by atoms with Gasteiger partial charge in [0.15, 0.2) is 0 Å². The SMILES string of the molecule is Cc1cc(-c2ccccc2)cc([C@@H]2CCCN2C(=O)Cn2cnc3ccccc32)n1. The summed E-state index contributed by atoms with van der Waals surface area (Å²) in [4.78, 5) is 24.4. The maximum Gasteiger partial charge on any atom is 0.243 e. The molecule has 0 N–H and O–H groups in total. The number of carbonyl (C=O) groups excluding carboxylic acids is 1. The third-order valence-corrected chi connectivity index (χ3v) is 5.83. The lowest BCUT2D eigenvalue weighted by molar-refractivity contribution is -0.132. The fraction of sp³-hybridized carbons (Fsp3) is 0.240. The molecule has 0 radical (unpaired) electrons. The highest BCUT2D eigenvalue weighted by molar-refractivity contribution is 5.81. The van der Waals surface area contributed by atoms with Crippen LogP contribution in [0.15, 0.2) is 73.1 Å². The molecule has 0 saturated carbocycles. The van der Waals surface area contributed by atoms with Gasteiger partial charge in [-0.2, -0.15) is 0 Å². The van der Waals surface area contributed by atoms with Crippen molar-refractivity contribution in [2.45, 2.75) is 32.4 Å². The summed E-state index contributed by atoms with van der Waals surface area (Å²) in [6, 6.07) is 22.5. The number of amides is 1. The van der Waals surface area contributed by atoms with E-state index in [-0.39, 0.29) is 11.9 Å². The predicted molar refractivity (Wildman–Crippen MR) is 118 cm³/mol. The quantitative estimate of drug-likeness (QED) is 0.499. The zero-order chi connectivity index (χ0) is 20.5. The van der Waals surface area contributed by atoms with E-state index in [4.69, 9.17) is 4.98 Å². The molecular formula is C25H24N4O. The van der Waals surface area contributed by atoms with Gasteiger partial charge in [0.2, 0.25) is 5.91 Å². The van der Waals surface area contributed by atoms with Gasteiger partial charge >= 0.3 is 0 Å². The highest BCUT2D eigenvalue weighted by atomic mass is 16.2. The number of pyridine rings is 1. The summed E-state index contributed by atoms with van der Waals surface area (Å²) >= 11 is 0. The van der Waals surface area contributed by atoms with Gasteiger partial charge in [-0.3, -0.25) is 9.78 Å². The molecule has 2 aromatic carbocycles. The zero-order valence-corrected chi connectivity index (χ0v) is 17.0. The topological polar surface area (TPSA) is 51.0 Å². The van der Waals surface area contributed by atoms with E-state index < -0.39 is 0 Å². The van der Waals surface area contributed by atoms with Crippen molar-refractivity contribution in [3.05, 3.63) is 84.4 Å². The molecule has 1 aliphatic rings. The second kappa shape index (κ2) is 7.75. The summed E-state index contributed by atoms with van der Waals surface area (Å²) in [5, 5.41) is 0. The first kappa shape index (κ1) is 18.6. The number of imidazole rings is 1. The van der Waals surface area contributed by atoms with Crippen LogP contribution in [0.3, 0.4) is 0 Å². The molecule has 30 heavy (non-hydrogen) atoms. The third kappa shape index (κ3) is 3.47. The largest absolute Gasteiger partial charge is 0.333 e. The highest BCUT2D eigenvalue weighted by Crippen LogP contribution is 2.33. The maximum absolute atomic E-state index is 13.2. The van der Waals surface area contributed by atoms with Gasteiger partial charge in [0, 0.05) is 12.2 Å². The molecule has 1 saturated heterocycles. The summed E-state index contributed by atoms with van der Waals surface area (Å²) < 4.78 is 1.94. The Labute approximate surface area is 176 Å². The van der Waals surface area contributed by atoms with E-state index in [9.17, 15) is 4.79 Å². The Morgan fingerprint density at radius 3 is 2.70 bits per heavy atom. The Morgan fingerprint density at radius 2 is 1.83 bits per heavy atom. The molecule has 4 aromatic rings. The normalized spacial score (nSPS) is 16.3. The van der Waals surface area contributed by atoms with Gasteiger partial charge in [0.25, 0.3) is 0 Å². The second-order valence-corrected chi connectivity index (χ2v) is 7.89. The van der Waals surface area contributed by atoms with Gasteiger partial charge < -0.3 is 9.47 Å². The number of rotatable bonds is 4. The van der Waals surface area contributed by atoms with Gasteiger partial charge in [0.05, 0.1) is 29.1 Å². The summed E-state index contributed by atoms with van der Waals surface area (Å²) in [5.41, 5.74) is 6.18. The van der Waals surface area contributed by atoms with Crippen molar-refractivity contribution in [2.24, 2.45) is 0 Å². The van der Waals surface area contributed by atoms with E-state index in [1.54, 1.807) is 6.33 Å². The number of benzene rings is 2. The Bertz CT molecular complexity index is 1200. The summed E-state index contributed by atoms with van der Waals surface area (Å²) in [6.45, 7) is 3.09. The first-order valence-electron chi connectivity index (χ1n) is 10.4. The lowest BCUT2D eigenvalue weighted by atomic mass is 10.0. The standard InChI is InChI=1S/C25H24N4O/c1-18-14-20(19-8-3-2-4-9-19)15-22(27-18)24-12-7-13-29(24)25(30)16-28-17-26-21-10-5-6-11-23(21)28/h2-6,8-11,14-15,17,24H,7,12-13,16H2,1H3/t24-/m0/s1. The molecule has 0 aliphatic carbocycles. The third-order valence-electron chi connectivity index (χ3n) is 5.83. The average molecular weight is 396 g/mol. The van der Waals surface area contributed by atoms with E-state index in [0.717, 1.165) is 47.4 Å². The van der Waals surface area contributed by atoms with Crippen LogP contribution in [0.5, 0.6) is 0 Å². The highest BCUT2D eigenvalue weighted by Gasteiger charge is 2.31. The lowest BCUT2D eigenvalue weighted by Gasteiger charge is -2.25. The van der Waals surface area contributed by atoms with Crippen LogP contribution < -0.4 is 0 Å². The summed E-state index contributed by atoms with van der Waals surface area (Å²) in [5.74, 6) is 0.116. The molecule has 1 atom stereocenters. The number of nitrogens with zero attached hydrogens (tertiary/aromatic N) is 4. The molecule has 150 valence electrons. The van der Waals surface area contributed by atoms with Crippen LogP contribution in [0.2, 0.25) is 0 Å². The summed E-state index contributed by atoms with van der Waals surface area (Å²) in [6.07, 6.45) is 3.70. The van der Waals surface area contributed by atoms with Gasteiger partial charge in [-0.1, -0.05) is 42.5 Å². The zero-order valence-electron chi connectivity index (χ0n) is 17.0. The van der Waals surface area contributed by atoms with Crippen molar-refractivity contribution in [3.63, 3.8) is 0 Å². The van der Waals surface area contributed by atoms with Gasteiger partial charge in [-0.05, 0) is 55.2 Å². The van der Waals surface area contributed by atoms with Crippen molar-refractivity contribution in [1.29, 1.82) is 0 Å². The van der Waals surface area contributed by atoms with E-state index in [1.807, 2.05) is 58.9 Å². The van der Waals surface area contributed by atoms with E-state index in [0.29, 0.717) is 6.54 Å². The van der Waals surface area contributed by atoms with Crippen molar-refractivity contribution >= 4 is 16.9 Å². The molecule has 5 rings (SSSR count). The first-order chi connectivity index (χ1) is 14.7. The maximum atomic E-state index is 13.2. The van der Waals surface area contributed by atoms with Crippen molar-refractivity contribution < 1.29 is 4.79 Å². The number of aryl methyl sites for hydroxylation is 1. The Morgan fingerprint density at radius 1 is 1.03 bits per heavy atom. The molecule has 0 bridgehead atoms. The van der Waals surface area contributed by atoms with Gasteiger partial charge in [0.1, 0.15) is 6.54 Å². The molecular weight excluding hydrogens is 372 g/mol. The molecule has 1 aliphatic heterocycles. The fourth-order valence-electron chi connectivity index (χ4n) is 4.41. The second-order valence-electron chi connectivity index (χ2n) is 7.89. The number of carbonyl (C=O) groups is 1. The Balaban J connectivity index is 1.42. The summed E-state index contributed by atoms with van der Waals surface area (Å²) in [7, 11) is 0. The van der Waals surface area contributed by atoms with Crippen LogP contribution in [0, 0.1) is 6.92 Å². The number of likely N-dealkylation sites (tertiary alicyclic amines) is 1. The average Bonchev–Trinajstić information content (AvgIpc) is 3.42. The van der Waals surface area contributed by atoms with E-state index >= 15 is 0 Å². The van der Waals surface area contributed by atoms with Crippen molar-refractivity contribution in [3.8, 4) is 11.1 Å². The Hall–Kier alpha value is -3.47. The number of hydrogen-bond acceptors (Lipinski definition) is 3. The monoisotopic (exact) mass is 396 g/mol. The number of para-hydroxylation sites is 2. The van der Waals surface area contributed by atoms with Gasteiger partial charge in [-0.15, -0.1) is 0 Å². The minimum atomic E-state index is 0.0228. The van der Waals surface area contributed by atoms with Crippen molar-refractivity contribution in [1.82, 2.24) is 19.4 Å². The van der Waals surface area contributed by atoms with Crippen LogP contribution >= 0.6 is 0 Å². The van der Waals surface area contributed by atoms with Gasteiger partial charge in [-0.25, -0.2) is 4.98 Å². The van der Waals surface area contributed by atoms with Crippen LogP contribution in [0.1, 0.15) is 30.3 Å². The molecule has 2 aromatic heterocycles. The van der Waals surface area contributed by atoms with Crippen molar-refractivity contribution in [2.75, 3.05) is 6.54 Å². The fourth-order valence-corrected chi connectivity index (χ4v) is 4.41. The minimum Gasteiger partial charge on any atom is -0.333 e. The lowest BCUT2D eigenvalue weighted by Crippen LogP contribution is -2.33. The first-order valence-corrected chi connectivity index (χ1v) is 10.4. The van der Waals surface area contributed by atoms with Crippen LogP contribution in [-0.4, -0.2) is 31.9 Å². The minimum absolute atomic E-state index is 0.0228. The smallest absolute Gasteiger partial charge is 0.243 e. The van der Waals surface area contributed by atoms with E-state index in [1.165, 1.54) is 5.56 Å². The number of fused-ring (bicyclic) bond motifs is 1. The molecule has 5 nitrogen and oxygen atoms in total. The molecule has 1 fully saturated rings. The Kier molecular flexibility index (Phi) is 4.79. The van der Waals surface area contributed by atoms with Crippen LogP contribution in [0.4, 0.5) is 0 Å². The van der Waals surface area contributed by atoms with Crippen LogP contribution in [-0.2, 0) is 11.3 Å². The predicted octanol–water partition coefficient (Wildman–Crippen LogP) is 4.77. The number of hydrogen-bond donors (Lipinski definition) is 0. The molecule has 0 spiro atoms.